The lowest BCUT2D eigenvalue weighted by Gasteiger charge is -2.22. The third kappa shape index (κ3) is 26.3. The number of hydrogen-bond acceptors (Lipinski definition) is 7. The summed E-state index contributed by atoms with van der Waals surface area (Å²) in [6, 6.07) is -0.860. The average molecular weight is 572 g/mol. The molecule has 0 aliphatic heterocycles. The van der Waals surface area contributed by atoms with Gasteiger partial charge in [0.25, 0.3) is 0 Å². The lowest BCUT2D eigenvalue weighted by molar-refractivity contribution is -0.144. The molecule has 39 heavy (non-hydrogen) atoms. The Kier molecular flexibility index (Phi) is 24.2. The molecule has 0 heterocycles. The number of thioether (sulfide) groups is 1. The first kappa shape index (κ1) is 37.3. The van der Waals surface area contributed by atoms with Gasteiger partial charge in [0.2, 0.25) is 0 Å². The summed E-state index contributed by atoms with van der Waals surface area (Å²) in [5, 5.41) is 2.55. The molecule has 1 atom stereocenters. The highest BCUT2D eigenvalue weighted by Crippen LogP contribution is 2.14. The predicted molar refractivity (Wildman–Crippen MR) is 162 cm³/mol. The van der Waals surface area contributed by atoms with Crippen LogP contribution in [0, 0.1) is 0 Å². The van der Waals surface area contributed by atoms with Crippen LogP contribution in [0.4, 0.5) is 4.79 Å². The fourth-order valence-corrected chi connectivity index (χ4v) is 4.81. The van der Waals surface area contributed by atoms with Gasteiger partial charge >= 0.3 is 18.0 Å². The number of unbranched alkanes of at least 4 members (excludes halogenated alkanes) is 14. The van der Waals surface area contributed by atoms with Gasteiger partial charge in [0.15, 0.2) is 0 Å². The van der Waals surface area contributed by atoms with Gasteiger partial charge in [-0.2, -0.15) is 11.8 Å². The van der Waals surface area contributed by atoms with Crippen LogP contribution in [-0.2, 0) is 23.8 Å². The Hall–Kier alpha value is -1.70. The molecule has 228 valence electrons. The maximum Gasteiger partial charge on any atom is 0.408 e. The number of esters is 2. The zero-order chi connectivity index (χ0) is 29.2. The van der Waals surface area contributed by atoms with Crippen molar-refractivity contribution in [3.8, 4) is 0 Å². The van der Waals surface area contributed by atoms with Crippen molar-refractivity contribution in [1.29, 1.82) is 0 Å². The number of ether oxygens (including phenoxy) is 3. The number of hydrogen-bond donors (Lipinski definition) is 1. The summed E-state index contributed by atoms with van der Waals surface area (Å²) in [6.45, 7) is 11.4. The van der Waals surface area contributed by atoms with E-state index in [1.807, 2.05) is 0 Å². The molecule has 1 N–H and O–H groups in total. The zero-order valence-electron chi connectivity index (χ0n) is 25.4. The van der Waals surface area contributed by atoms with Crippen LogP contribution < -0.4 is 5.32 Å². The summed E-state index contributed by atoms with van der Waals surface area (Å²) < 4.78 is 15.6. The van der Waals surface area contributed by atoms with E-state index in [1.165, 1.54) is 101 Å². The summed E-state index contributed by atoms with van der Waals surface area (Å²) in [6.07, 6.45) is 20.6. The minimum Gasteiger partial charge on any atom is -0.465 e. The van der Waals surface area contributed by atoms with Crippen molar-refractivity contribution in [2.45, 2.75) is 142 Å². The quantitative estimate of drug-likeness (QED) is 0.0512. The van der Waals surface area contributed by atoms with E-state index in [0.717, 1.165) is 12.8 Å². The molecule has 0 aromatic heterocycles. The highest BCUT2D eigenvalue weighted by Gasteiger charge is 2.25. The first-order valence-corrected chi connectivity index (χ1v) is 16.4. The Labute approximate surface area is 242 Å². The molecule has 7 nitrogen and oxygen atoms in total. The van der Waals surface area contributed by atoms with Crippen LogP contribution in [0.5, 0.6) is 0 Å². The molecular formula is C31H57NO6S. The van der Waals surface area contributed by atoms with Gasteiger partial charge in [-0.1, -0.05) is 109 Å². The summed E-state index contributed by atoms with van der Waals surface area (Å²) >= 11 is 1.40. The van der Waals surface area contributed by atoms with Crippen molar-refractivity contribution in [2.24, 2.45) is 0 Å². The second-order valence-electron chi connectivity index (χ2n) is 11.1. The van der Waals surface area contributed by atoms with Crippen LogP contribution in [0.2, 0.25) is 0 Å². The molecule has 0 aromatic carbocycles. The summed E-state index contributed by atoms with van der Waals surface area (Å²) in [5.41, 5.74) is -0.673. The summed E-state index contributed by atoms with van der Waals surface area (Å²) in [5.74, 6) is 0.0648. The van der Waals surface area contributed by atoms with E-state index in [4.69, 9.17) is 14.2 Å². The van der Waals surface area contributed by atoms with Gasteiger partial charge in [-0.3, -0.25) is 4.79 Å². The Morgan fingerprint density at radius 1 is 0.821 bits per heavy atom. The second-order valence-corrected chi connectivity index (χ2v) is 12.3. The molecular weight excluding hydrogens is 514 g/mol. The lowest BCUT2D eigenvalue weighted by atomic mass is 10.0. The second kappa shape index (κ2) is 25.3. The molecule has 0 radical (unpaired) electrons. The molecule has 0 spiro atoms. The van der Waals surface area contributed by atoms with E-state index in [1.54, 1.807) is 20.8 Å². The van der Waals surface area contributed by atoms with E-state index in [2.05, 4.69) is 18.8 Å². The minimum absolute atomic E-state index is 0.0624. The molecule has 0 bridgehead atoms. The fraction of sp³-hybridized carbons (Fsp3) is 0.839. The number of nitrogens with one attached hydrogen (secondary N) is 1. The third-order valence-electron chi connectivity index (χ3n) is 6.08. The molecule has 0 aliphatic carbocycles. The van der Waals surface area contributed by atoms with E-state index in [9.17, 15) is 14.4 Å². The Balaban J connectivity index is 3.79. The maximum atomic E-state index is 12.3. The van der Waals surface area contributed by atoms with Gasteiger partial charge in [-0.05, 0) is 27.2 Å². The maximum absolute atomic E-state index is 12.3. The van der Waals surface area contributed by atoms with E-state index in [0.29, 0.717) is 12.2 Å². The van der Waals surface area contributed by atoms with Crippen LogP contribution in [0.25, 0.3) is 0 Å². The zero-order valence-corrected chi connectivity index (χ0v) is 26.2. The van der Waals surface area contributed by atoms with E-state index < -0.39 is 23.7 Å². The molecule has 0 fully saturated rings. The summed E-state index contributed by atoms with van der Waals surface area (Å²) in [7, 11) is 0. The Bertz CT molecular complexity index is 649. The molecule has 0 aromatic rings. The molecule has 0 saturated heterocycles. The normalized spacial score (nSPS) is 12.0. The molecule has 0 saturated carbocycles. The number of carbonyl (C=O) groups is 3. The molecule has 0 rings (SSSR count). The summed E-state index contributed by atoms with van der Waals surface area (Å²) in [4.78, 5) is 36.3. The van der Waals surface area contributed by atoms with Gasteiger partial charge in [0.05, 0.1) is 0 Å². The van der Waals surface area contributed by atoms with Crippen LogP contribution in [-0.4, -0.2) is 54.4 Å². The van der Waals surface area contributed by atoms with Crippen molar-refractivity contribution >= 4 is 29.8 Å². The monoisotopic (exact) mass is 571 g/mol. The van der Waals surface area contributed by atoms with Gasteiger partial charge in [0, 0.05) is 17.9 Å². The van der Waals surface area contributed by atoms with E-state index >= 15 is 0 Å². The highest BCUT2D eigenvalue weighted by molar-refractivity contribution is 7.99. The Morgan fingerprint density at radius 2 is 1.33 bits per heavy atom. The minimum atomic E-state index is -0.860. The number of alkyl carbamates (subject to hydrolysis) is 1. The number of amides is 1. The first-order valence-electron chi connectivity index (χ1n) is 15.2. The largest absolute Gasteiger partial charge is 0.465 e. The first-order chi connectivity index (χ1) is 18.7. The van der Waals surface area contributed by atoms with Crippen molar-refractivity contribution in [2.75, 3.05) is 24.7 Å². The van der Waals surface area contributed by atoms with Crippen LogP contribution >= 0.6 is 11.8 Å². The average Bonchev–Trinajstić information content (AvgIpc) is 2.87. The highest BCUT2D eigenvalue weighted by atomic mass is 32.2. The lowest BCUT2D eigenvalue weighted by Crippen LogP contribution is -2.45. The number of carbonyl (C=O) groups excluding carboxylic acids is 3. The molecule has 1 amide bonds. The van der Waals surface area contributed by atoms with Gasteiger partial charge in [-0.15, -0.1) is 0 Å². The predicted octanol–water partition coefficient (Wildman–Crippen LogP) is 8.15. The van der Waals surface area contributed by atoms with Crippen LogP contribution in [0.15, 0.2) is 12.7 Å². The molecule has 8 heteroatoms. The van der Waals surface area contributed by atoms with Crippen LogP contribution in [0.1, 0.15) is 130 Å². The fourth-order valence-electron chi connectivity index (χ4n) is 3.99. The van der Waals surface area contributed by atoms with Crippen molar-refractivity contribution in [3.63, 3.8) is 0 Å². The molecule has 0 unspecified atom stereocenters. The SMILES string of the molecule is C=CCOC(=O)[C@H](CSCCOC(=O)CCCCCCCCCCCCCCCCC)NC(=O)OC(C)(C)C. The van der Waals surface area contributed by atoms with Crippen molar-refractivity contribution in [1.82, 2.24) is 5.32 Å². The van der Waals surface area contributed by atoms with Crippen molar-refractivity contribution < 1.29 is 28.6 Å². The van der Waals surface area contributed by atoms with Gasteiger partial charge < -0.3 is 19.5 Å². The number of rotatable bonds is 25. The Morgan fingerprint density at radius 3 is 1.82 bits per heavy atom. The third-order valence-corrected chi connectivity index (χ3v) is 7.10. The van der Waals surface area contributed by atoms with Crippen molar-refractivity contribution in [3.05, 3.63) is 12.7 Å². The van der Waals surface area contributed by atoms with Gasteiger partial charge in [-0.25, -0.2) is 9.59 Å². The standard InChI is InChI=1S/C31H57NO6S/c1-6-8-9-10-11-12-13-14-15-16-17-18-19-20-21-22-28(33)36-24-25-39-26-27(29(34)37-23-7-2)32-30(35)38-31(3,4)5/h7,27H,2,6,8-26H2,1,3-5H3,(H,32,35)/t27-/m0/s1. The molecule has 0 aliphatic rings. The topological polar surface area (TPSA) is 90.9 Å². The smallest absolute Gasteiger partial charge is 0.408 e. The van der Waals surface area contributed by atoms with Gasteiger partial charge in [0.1, 0.15) is 24.9 Å². The van der Waals surface area contributed by atoms with E-state index in [-0.39, 0.29) is 24.9 Å². The van der Waals surface area contributed by atoms with Crippen LogP contribution in [0.3, 0.4) is 0 Å².